The third kappa shape index (κ3) is 3.55. The number of ether oxygens (including phenoxy) is 1. The van der Waals surface area contributed by atoms with Crippen LogP contribution in [0.1, 0.15) is 31.1 Å². The average Bonchev–Trinajstić information content (AvgIpc) is 2.46. The van der Waals surface area contributed by atoms with Gasteiger partial charge in [-0.2, -0.15) is 0 Å². The van der Waals surface area contributed by atoms with Crippen LogP contribution in [0, 0.1) is 0 Å². The summed E-state index contributed by atoms with van der Waals surface area (Å²) in [5.74, 6) is 0.778. The van der Waals surface area contributed by atoms with Gasteiger partial charge in [-0.3, -0.25) is 9.97 Å². The maximum atomic E-state index is 5.52. The van der Waals surface area contributed by atoms with E-state index in [9.17, 15) is 0 Å². The van der Waals surface area contributed by atoms with Crippen molar-refractivity contribution in [3.63, 3.8) is 0 Å². The SMILES string of the molecule is CCNC(c1cncc(OCC)c1)c1ncccc1Br. The molecular formula is C15H18BrN3O. The number of pyridine rings is 2. The number of rotatable bonds is 6. The molecule has 0 aliphatic carbocycles. The highest BCUT2D eigenvalue weighted by atomic mass is 79.9. The van der Waals surface area contributed by atoms with Crippen molar-refractivity contribution in [2.45, 2.75) is 19.9 Å². The highest BCUT2D eigenvalue weighted by molar-refractivity contribution is 9.10. The zero-order chi connectivity index (χ0) is 14.4. The standard InChI is InChI=1S/C15H18BrN3O/c1-3-18-14(15-13(16)6-5-7-19-15)11-8-12(20-4-2)10-17-9-11/h5-10,14,18H,3-4H2,1-2H3. The summed E-state index contributed by atoms with van der Waals surface area (Å²) >= 11 is 3.56. The number of aromatic nitrogens is 2. The molecule has 20 heavy (non-hydrogen) atoms. The van der Waals surface area contributed by atoms with Crippen molar-refractivity contribution < 1.29 is 4.74 Å². The van der Waals surface area contributed by atoms with E-state index in [4.69, 9.17) is 4.74 Å². The lowest BCUT2D eigenvalue weighted by Crippen LogP contribution is -2.23. The first-order chi connectivity index (χ1) is 9.76. The zero-order valence-electron chi connectivity index (χ0n) is 11.6. The predicted octanol–water partition coefficient (Wildman–Crippen LogP) is 3.34. The molecule has 0 saturated heterocycles. The fourth-order valence-electron chi connectivity index (χ4n) is 2.03. The van der Waals surface area contributed by atoms with Crippen LogP contribution in [0.25, 0.3) is 0 Å². The van der Waals surface area contributed by atoms with Crippen LogP contribution in [0.3, 0.4) is 0 Å². The quantitative estimate of drug-likeness (QED) is 0.879. The number of nitrogens with one attached hydrogen (secondary N) is 1. The molecule has 0 radical (unpaired) electrons. The molecular weight excluding hydrogens is 318 g/mol. The third-order valence-electron chi connectivity index (χ3n) is 2.85. The van der Waals surface area contributed by atoms with Crippen LogP contribution >= 0.6 is 15.9 Å². The van der Waals surface area contributed by atoms with Crippen molar-refractivity contribution in [2.24, 2.45) is 0 Å². The second-order valence-electron chi connectivity index (χ2n) is 4.25. The Kier molecular flexibility index (Phi) is 5.49. The van der Waals surface area contributed by atoms with Gasteiger partial charge in [-0.05, 0) is 53.2 Å². The summed E-state index contributed by atoms with van der Waals surface area (Å²) in [6.45, 7) is 5.50. The van der Waals surface area contributed by atoms with E-state index in [0.29, 0.717) is 6.61 Å². The summed E-state index contributed by atoms with van der Waals surface area (Å²) < 4.78 is 6.50. The van der Waals surface area contributed by atoms with Crippen LogP contribution in [-0.4, -0.2) is 23.1 Å². The minimum atomic E-state index is -0.0107. The Morgan fingerprint density at radius 1 is 1.35 bits per heavy atom. The lowest BCUT2D eigenvalue weighted by Gasteiger charge is -2.19. The molecule has 1 N–H and O–H groups in total. The molecule has 2 aromatic heterocycles. The lowest BCUT2D eigenvalue weighted by atomic mass is 10.0. The Morgan fingerprint density at radius 2 is 2.20 bits per heavy atom. The van der Waals surface area contributed by atoms with E-state index in [2.05, 4.69) is 38.1 Å². The normalized spacial score (nSPS) is 12.2. The van der Waals surface area contributed by atoms with Crippen LogP contribution in [0.4, 0.5) is 0 Å². The maximum Gasteiger partial charge on any atom is 0.137 e. The van der Waals surface area contributed by atoms with Crippen LogP contribution < -0.4 is 10.1 Å². The van der Waals surface area contributed by atoms with Gasteiger partial charge in [0.15, 0.2) is 0 Å². The molecule has 0 spiro atoms. The molecule has 0 aliphatic heterocycles. The highest BCUT2D eigenvalue weighted by Gasteiger charge is 2.18. The van der Waals surface area contributed by atoms with Gasteiger partial charge in [0.1, 0.15) is 5.75 Å². The topological polar surface area (TPSA) is 47.0 Å². The third-order valence-corrected chi connectivity index (χ3v) is 3.52. The molecule has 0 saturated carbocycles. The molecule has 4 nitrogen and oxygen atoms in total. The minimum absolute atomic E-state index is 0.0107. The van der Waals surface area contributed by atoms with Crippen molar-refractivity contribution in [3.8, 4) is 5.75 Å². The van der Waals surface area contributed by atoms with Crippen LogP contribution in [0.15, 0.2) is 41.3 Å². The Bertz CT molecular complexity index is 562. The number of halogens is 1. The van der Waals surface area contributed by atoms with Gasteiger partial charge in [-0.1, -0.05) is 6.92 Å². The van der Waals surface area contributed by atoms with Gasteiger partial charge < -0.3 is 10.1 Å². The summed E-state index contributed by atoms with van der Waals surface area (Å²) in [5, 5.41) is 3.44. The molecule has 0 bridgehead atoms. The van der Waals surface area contributed by atoms with Crippen molar-refractivity contribution in [2.75, 3.05) is 13.2 Å². The van der Waals surface area contributed by atoms with Crippen LogP contribution in [0.5, 0.6) is 5.75 Å². The van der Waals surface area contributed by atoms with E-state index in [1.165, 1.54) is 0 Å². The predicted molar refractivity (Wildman–Crippen MR) is 82.9 cm³/mol. The Balaban J connectivity index is 2.38. The van der Waals surface area contributed by atoms with E-state index >= 15 is 0 Å². The van der Waals surface area contributed by atoms with Crippen molar-refractivity contribution >= 4 is 15.9 Å². The van der Waals surface area contributed by atoms with Gasteiger partial charge in [-0.25, -0.2) is 0 Å². The zero-order valence-corrected chi connectivity index (χ0v) is 13.2. The van der Waals surface area contributed by atoms with Crippen molar-refractivity contribution in [3.05, 3.63) is 52.5 Å². The second-order valence-corrected chi connectivity index (χ2v) is 5.10. The molecule has 2 aromatic rings. The van der Waals surface area contributed by atoms with Gasteiger partial charge in [0, 0.05) is 16.9 Å². The first kappa shape index (κ1) is 14.9. The van der Waals surface area contributed by atoms with E-state index < -0.39 is 0 Å². The average molecular weight is 336 g/mol. The van der Waals surface area contributed by atoms with Crippen molar-refractivity contribution in [1.29, 1.82) is 0 Å². The largest absolute Gasteiger partial charge is 0.492 e. The molecule has 5 heteroatoms. The molecule has 2 heterocycles. The van der Waals surface area contributed by atoms with Gasteiger partial charge in [0.05, 0.1) is 24.5 Å². The van der Waals surface area contributed by atoms with E-state index in [0.717, 1.165) is 28.0 Å². The Morgan fingerprint density at radius 3 is 2.90 bits per heavy atom. The van der Waals surface area contributed by atoms with Crippen LogP contribution in [-0.2, 0) is 0 Å². The molecule has 1 unspecified atom stereocenters. The summed E-state index contributed by atoms with van der Waals surface area (Å²) in [4.78, 5) is 8.72. The van der Waals surface area contributed by atoms with Crippen LogP contribution in [0.2, 0.25) is 0 Å². The Labute approximate surface area is 127 Å². The first-order valence-electron chi connectivity index (χ1n) is 6.67. The fourth-order valence-corrected chi connectivity index (χ4v) is 2.51. The summed E-state index contributed by atoms with van der Waals surface area (Å²) in [7, 11) is 0. The summed E-state index contributed by atoms with van der Waals surface area (Å²) in [5.41, 5.74) is 1.99. The van der Waals surface area contributed by atoms with E-state index in [1.807, 2.05) is 31.3 Å². The smallest absolute Gasteiger partial charge is 0.137 e. The minimum Gasteiger partial charge on any atom is -0.492 e. The lowest BCUT2D eigenvalue weighted by molar-refractivity contribution is 0.338. The van der Waals surface area contributed by atoms with Crippen molar-refractivity contribution in [1.82, 2.24) is 15.3 Å². The number of nitrogens with zero attached hydrogens (tertiary/aromatic N) is 2. The van der Waals surface area contributed by atoms with Gasteiger partial charge in [0.2, 0.25) is 0 Å². The molecule has 0 aliphatic rings. The first-order valence-corrected chi connectivity index (χ1v) is 7.47. The number of hydrogen-bond donors (Lipinski definition) is 1. The maximum absolute atomic E-state index is 5.52. The molecule has 0 aromatic carbocycles. The monoisotopic (exact) mass is 335 g/mol. The fraction of sp³-hybridized carbons (Fsp3) is 0.333. The number of hydrogen-bond acceptors (Lipinski definition) is 4. The molecule has 2 rings (SSSR count). The Hall–Kier alpha value is -1.46. The van der Waals surface area contributed by atoms with E-state index in [-0.39, 0.29) is 6.04 Å². The second kappa shape index (κ2) is 7.36. The molecule has 0 amide bonds. The highest BCUT2D eigenvalue weighted by Crippen LogP contribution is 2.27. The van der Waals surface area contributed by atoms with Gasteiger partial charge in [0.25, 0.3) is 0 Å². The van der Waals surface area contributed by atoms with Gasteiger partial charge >= 0.3 is 0 Å². The van der Waals surface area contributed by atoms with E-state index in [1.54, 1.807) is 12.4 Å². The van der Waals surface area contributed by atoms with Gasteiger partial charge in [-0.15, -0.1) is 0 Å². The molecule has 106 valence electrons. The summed E-state index contributed by atoms with van der Waals surface area (Å²) in [6, 6.07) is 5.89. The molecule has 1 atom stereocenters. The summed E-state index contributed by atoms with van der Waals surface area (Å²) in [6.07, 6.45) is 5.37. The molecule has 0 fully saturated rings.